The fourth-order valence-corrected chi connectivity index (χ4v) is 3.21. The number of carbonyl (C=O) groups excluding carboxylic acids is 1. The van der Waals surface area contributed by atoms with Crippen molar-refractivity contribution in [2.24, 2.45) is 0 Å². The highest BCUT2D eigenvalue weighted by Gasteiger charge is 2.28. The average molecular weight is 446 g/mol. The molecule has 0 bridgehead atoms. The van der Waals surface area contributed by atoms with E-state index in [1.54, 1.807) is 6.07 Å². The molecule has 8 heteroatoms. The van der Waals surface area contributed by atoms with E-state index in [0.717, 1.165) is 16.7 Å². The van der Waals surface area contributed by atoms with E-state index in [9.17, 15) is 9.18 Å². The molecule has 31 heavy (non-hydrogen) atoms. The molecule has 1 aromatic heterocycles. The minimum Gasteiger partial charge on any atom is -0.450 e. The lowest BCUT2D eigenvalue weighted by Gasteiger charge is -2.22. The highest BCUT2D eigenvalue weighted by atomic mass is 35.5. The minimum absolute atomic E-state index is 0.0801. The number of halogens is 2. The molecule has 0 atom stereocenters. The van der Waals surface area contributed by atoms with E-state index in [-0.39, 0.29) is 28.8 Å². The van der Waals surface area contributed by atoms with Crippen LogP contribution in [0.5, 0.6) is 11.5 Å². The van der Waals surface area contributed by atoms with Crippen molar-refractivity contribution in [2.45, 2.75) is 46.8 Å². The Balaban J connectivity index is 1.83. The van der Waals surface area contributed by atoms with Crippen LogP contribution in [0.2, 0.25) is 5.02 Å². The molecule has 164 valence electrons. The molecular formula is C23H25ClFN3O3. The molecule has 0 spiro atoms. The van der Waals surface area contributed by atoms with Gasteiger partial charge in [-0.25, -0.2) is 9.87 Å². The largest absolute Gasteiger partial charge is 0.450 e. The van der Waals surface area contributed by atoms with E-state index in [0.29, 0.717) is 0 Å². The Hall–Kier alpha value is -2.90. The molecule has 6 nitrogen and oxygen atoms in total. The van der Waals surface area contributed by atoms with Gasteiger partial charge < -0.3 is 4.74 Å². The van der Waals surface area contributed by atoms with Gasteiger partial charge in [-0.05, 0) is 57.9 Å². The molecule has 3 rings (SSSR count). The SMILES string of the molecule is Cc1ccc(CONC(=O)c2c(Oc3cccc(Cl)c3F)cnn2C(C)(C)C)c(C)c1. The summed E-state index contributed by atoms with van der Waals surface area (Å²) in [4.78, 5) is 18.4. The summed E-state index contributed by atoms with van der Waals surface area (Å²) < 4.78 is 21.5. The number of hydrogen-bond donors (Lipinski definition) is 1. The van der Waals surface area contributed by atoms with E-state index in [1.165, 1.54) is 23.0 Å². The van der Waals surface area contributed by atoms with Crippen LogP contribution in [0.25, 0.3) is 0 Å². The number of carbonyl (C=O) groups is 1. The van der Waals surface area contributed by atoms with Crippen molar-refractivity contribution in [3.05, 3.63) is 75.8 Å². The second-order valence-electron chi connectivity index (χ2n) is 8.24. The standard InChI is InChI=1S/C23H25ClFN3O3/c1-14-9-10-16(15(2)11-14)13-30-27-22(29)21-19(12-26-28(21)23(3,4)5)31-18-8-6-7-17(24)20(18)25/h6-12H,13H2,1-5H3,(H,27,29). The first kappa shape index (κ1) is 22.8. The molecule has 0 fully saturated rings. The fourth-order valence-electron chi connectivity index (χ4n) is 3.04. The molecule has 0 aliphatic rings. The molecule has 1 N–H and O–H groups in total. The highest BCUT2D eigenvalue weighted by molar-refractivity contribution is 6.30. The van der Waals surface area contributed by atoms with Crippen LogP contribution >= 0.6 is 11.6 Å². The third kappa shape index (κ3) is 5.24. The van der Waals surface area contributed by atoms with Crippen LogP contribution in [-0.4, -0.2) is 15.7 Å². The zero-order valence-corrected chi connectivity index (χ0v) is 18.9. The Labute approximate surface area is 185 Å². The van der Waals surface area contributed by atoms with Crippen LogP contribution in [0.3, 0.4) is 0 Å². The molecule has 0 saturated carbocycles. The van der Waals surface area contributed by atoms with Gasteiger partial charge in [-0.2, -0.15) is 5.10 Å². The van der Waals surface area contributed by atoms with Crippen LogP contribution in [0, 0.1) is 19.7 Å². The lowest BCUT2D eigenvalue weighted by Crippen LogP contribution is -2.32. The molecule has 0 aliphatic heterocycles. The number of rotatable bonds is 6. The highest BCUT2D eigenvalue weighted by Crippen LogP contribution is 2.32. The topological polar surface area (TPSA) is 65.4 Å². The number of amides is 1. The number of hydrogen-bond acceptors (Lipinski definition) is 4. The van der Waals surface area contributed by atoms with E-state index in [4.69, 9.17) is 21.2 Å². The smallest absolute Gasteiger partial charge is 0.297 e. The van der Waals surface area contributed by atoms with Crippen LogP contribution in [0.1, 0.15) is 48.0 Å². The zero-order chi connectivity index (χ0) is 22.8. The Morgan fingerprint density at radius 2 is 1.94 bits per heavy atom. The summed E-state index contributed by atoms with van der Waals surface area (Å²) in [5, 5.41) is 4.19. The van der Waals surface area contributed by atoms with Gasteiger partial charge in [0.15, 0.2) is 23.0 Å². The van der Waals surface area contributed by atoms with Crippen LogP contribution in [-0.2, 0) is 17.0 Å². The second-order valence-corrected chi connectivity index (χ2v) is 8.65. The molecule has 0 saturated heterocycles. The Kier molecular flexibility index (Phi) is 6.67. The maximum Gasteiger partial charge on any atom is 0.297 e. The number of hydroxylamine groups is 1. The van der Waals surface area contributed by atoms with Gasteiger partial charge in [-0.3, -0.25) is 14.3 Å². The molecule has 0 aliphatic carbocycles. The van der Waals surface area contributed by atoms with Crippen LogP contribution in [0.4, 0.5) is 4.39 Å². The lowest BCUT2D eigenvalue weighted by atomic mass is 10.1. The van der Waals surface area contributed by atoms with Gasteiger partial charge in [0, 0.05) is 0 Å². The Morgan fingerprint density at radius 3 is 2.61 bits per heavy atom. The van der Waals surface area contributed by atoms with Crippen molar-refractivity contribution in [3.63, 3.8) is 0 Å². The van der Waals surface area contributed by atoms with Crippen molar-refractivity contribution < 1.29 is 18.8 Å². The van der Waals surface area contributed by atoms with Gasteiger partial charge in [0.25, 0.3) is 5.91 Å². The first-order valence-corrected chi connectivity index (χ1v) is 10.1. The van der Waals surface area contributed by atoms with Crippen molar-refractivity contribution in [3.8, 4) is 11.5 Å². The summed E-state index contributed by atoms with van der Waals surface area (Å²) in [7, 11) is 0. The van der Waals surface area contributed by atoms with Crippen molar-refractivity contribution in [1.82, 2.24) is 15.3 Å². The number of nitrogens with zero attached hydrogens (tertiary/aromatic N) is 2. The molecule has 0 unspecified atom stereocenters. The number of ether oxygens (including phenoxy) is 1. The van der Waals surface area contributed by atoms with Crippen molar-refractivity contribution in [2.75, 3.05) is 0 Å². The predicted molar refractivity (Wildman–Crippen MR) is 117 cm³/mol. The second kappa shape index (κ2) is 9.08. The van der Waals surface area contributed by atoms with Gasteiger partial charge in [-0.15, -0.1) is 0 Å². The summed E-state index contributed by atoms with van der Waals surface area (Å²) in [6.07, 6.45) is 1.37. The molecule has 1 amide bonds. The first-order valence-electron chi connectivity index (χ1n) is 9.76. The van der Waals surface area contributed by atoms with Gasteiger partial charge in [-0.1, -0.05) is 41.4 Å². The molecule has 0 radical (unpaired) electrons. The Morgan fingerprint density at radius 1 is 1.19 bits per heavy atom. The maximum absolute atomic E-state index is 14.3. The lowest BCUT2D eigenvalue weighted by molar-refractivity contribution is 0.0217. The summed E-state index contributed by atoms with van der Waals surface area (Å²) >= 11 is 5.83. The van der Waals surface area contributed by atoms with E-state index in [1.807, 2.05) is 52.8 Å². The van der Waals surface area contributed by atoms with Gasteiger partial charge in [0.05, 0.1) is 16.8 Å². The van der Waals surface area contributed by atoms with Gasteiger partial charge in [0.2, 0.25) is 0 Å². The molecule has 1 heterocycles. The quantitative estimate of drug-likeness (QED) is 0.494. The fraction of sp³-hybridized carbons (Fsp3) is 0.304. The third-order valence-electron chi connectivity index (χ3n) is 4.61. The van der Waals surface area contributed by atoms with E-state index < -0.39 is 17.3 Å². The summed E-state index contributed by atoms with van der Waals surface area (Å²) in [6.45, 7) is 9.84. The zero-order valence-electron chi connectivity index (χ0n) is 18.1. The number of aromatic nitrogens is 2. The average Bonchev–Trinajstić information content (AvgIpc) is 3.11. The number of benzene rings is 2. The van der Waals surface area contributed by atoms with Crippen LogP contribution in [0.15, 0.2) is 42.6 Å². The predicted octanol–water partition coefficient (Wildman–Crippen LogP) is 5.70. The van der Waals surface area contributed by atoms with Gasteiger partial charge in [0.1, 0.15) is 6.61 Å². The molecular weight excluding hydrogens is 421 g/mol. The van der Waals surface area contributed by atoms with E-state index in [2.05, 4.69) is 10.6 Å². The monoisotopic (exact) mass is 445 g/mol. The minimum atomic E-state index is -0.717. The summed E-state index contributed by atoms with van der Waals surface area (Å²) in [5.74, 6) is -1.30. The van der Waals surface area contributed by atoms with Gasteiger partial charge >= 0.3 is 0 Å². The Bertz CT molecular complexity index is 1110. The van der Waals surface area contributed by atoms with Crippen LogP contribution < -0.4 is 10.2 Å². The van der Waals surface area contributed by atoms with Crippen molar-refractivity contribution in [1.29, 1.82) is 0 Å². The van der Waals surface area contributed by atoms with Crippen molar-refractivity contribution >= 4 is 17.5 Å². The summed E-state index contributed by atoms with van der Waals surface area (Å²) in [5.41, 5.74) is 5.18. The van der Waals surface area contributed by atoms with E-state index >= 15 is 0 Å². The third-order valence-corrected chi connectivity index (χ3v) is 4.90. The maximum atomic E-state index is 14.3. The molecule has 2 aromatic carbocycles. The summed E-state index contributed by atoms with van der Waals surface area (Å²) in [6, 6.07) is 10.4. The normalized spacial score (nSPS) is 11.5. The first-order chi connectivity index (χ1) is 14.6. The number of aryl methyl sites for hydroxylation is 2. The number of nitrogens with one attached hydrogen (secondary N) is 1. The molecule has 3 aromatic rings.